The zero-order chi connectivity index (χ0) is 11.2. The second-order valence-electron chi connectivity index (χ2n) is 4.92. The van der Waals surface area contributed by atoms with Crippen molar-refractivity contribution in [2.45, 2.75) is 45.1 Å². The van der Waals surface area contributed by atoms with Crippen LogP contribution in [-0.2, 0) is 4.12 Å². The molecule has 2 nitrogen and oxygen atoms in total. The Kier molecular flexibility index (Phi) is 5.89. The summed E-state index contributed by atoms with van der Waals surface area (Å²) in [6, 6.07) is 1.22. The van der Waals surface area contributed by atoms with Gasteiger partial charge in [-0.25, -0.2) is 0 Å². The molecule has 0 aromatic heterocycles. The van der Waals surface area contributed by atoms with Crippen LogP contribution in [0.3, 0.4) is 0 Å². The molecule has 0 saturated heterocycles. The topological polar surface area (TPSA) is 35.2 Å². The van der Waals surface area contributed by atoms with E-state index in [0.29, 0.717) is 0 Å². The quantitative estimate of drug-likeness (QED) is 0.540. The zero-order valence-electron chi connectivity index (χ0n) is 10.1. The first-order valence-corrected chi connectivity index (χ1v) is 11.5. The molecule has 0 aliphatic carbocycles. The molecule has 0 fully saturated rings. The summed E-state index contributed by atoms with van der Waals surface area (Å²) in [5.74, 6) is 0. The molecule has 0 bridgehead atoms. The Balaban J connectivity index is 3.99. The number of nitrogens with two attached hydrogens (primary N) is 1. The van der Waals surface area contributed by atoms with Gasteiger partial charge in [0.1, 0.15) is 0 Å². The molecular formula is C10H25NOSi2. The van der Waals surface area contributed by atoms with E-state index in [2.05, 4.69) is 32.8 Å². The third-order valence-electron chi connectivity index (χ3n) is 2.26. The van der Waals surface area contributed by atoms with E-state index in [1.807, 2.05) is 5.70 Å². The van der Waals surface area contributed by atoms with Gasteiger partial charge in [-0.05, 0) is 45.2 Å². The molecule has 0 amide bonds. The monoisotopic (exact) mass is 231 g/mol. The minimum atomic E-state index is -1.58. The normalized spacial score (nSPS) is 12.9. The molecule has 0 unspecified atom stereocenters. The van der Waals surface area contributed by atoms with Gasteiger partial charge < -0.3 is 9.85 Å². The Morgan fingerprint density at radius 2 is 1.79 bits per heavy atom. The van der Waals surface area contributed by atoms with E-state index in [9.17, 15) is 0 Å². The Morgan fingerprint density at radius 3 is 2.21 bits per heavy atom. The number of rotatable bonds is 7. The van der Waals surface area contributed by atoms with Gasteiger partial charge in [-0.3, -0.25) is 0 Å². The maximum Gasteiger partial charge on any atom is 0.197 e. The lowest BCUT2D eigenvalue weighted by atomic mass is 10.3. The summed E-state index contributed by atoms with van der Waals surface area (Å²) in [5.41, 5.74) is 7.50. The third-order valence-corrected chi connectivity index (χ3v) is 9.12. The number of hydrogen-bond acceptors (Lipinski definition) is 2. The van der Waals surface area contributed by atoms with Crippen molar-refractivity contribution in [2.24, 2.45) is 5.73 Å². The second kappa shape index (κ2) is 5.85. The van der Waals surface area contributed by atoms with Gasteiger partial charge in [0.05, 0.1) is 0 Å². The molecule has 0 atom stereocenters. The van der Waals surface area contributed by atoms with Crippen LogP contribution in [0.4, 0.5) is 0 Å². The predicted octanol–water partition coefficient (Wildman–Crippen LogP) is 2.88. The fourth-order valence-corrected chi connectivity index (χ4v) is 9.04. The molecule has 14 heavy (non-hydrogen) atoms. The molecule has 0 aliphatic heterocycles. The molecular weight excluding hydrogens is 206 g/mol. The number of hydrogen-bond donors (Lipinski definition) is 1. The Hall–Kier alpha value is 0.0938. The third kappa shape index (κ3) is 6.53. The smallest absolute Gasteiger partial charge is 0.197 e. The number of unbranched alkanes of at least 4 members (excludes halogenated alkanes) is 1. The first-order valence-electron chi connectivity index (χ1n) is 5.37. The maximum atomic E-state index is 6.24. The largest absolute Gasteiger partial charge is 0.453 e. The van der Waals surface area contributed by atoms with Crippen molar-refractivity contribution in [3.8, 4) is 0 Å². The molecule has 0 aliphatic rings. The van der Waals surface area contributed by atoms with Crippen LogP contribution in [0, 0.1) is 0 Å². The van der Waals surface area contributed by atoms with E-state index in [1.54, 1.807) is 0 Å². The van der Waals surface area contributed by atoms with Gasteiger partial charge in [0.2, 0.25) is 0 Å². The highest BCUT2D eigenvalue weighted by atomic mass is 28.4. The Morgan fingerprint density at radius 1 is 1.21 bits per heavy atom. The van der Waals surface area contributed by atoms with E-state index in [0.717, 1.165) is 13.0 Å². The van der Waals surface area contributed by atoms with Crippen LogP contribution in [-0.4, -0.2) is 23.2 Å². The molecule has 84 valence electrons. The van der Waals surface area contributed by atoms with Crippen LogP contribution in [0.1, 0.15) is 12.8 Å². The molecule has 0 saturated carbocycles. The van der Waals surface area contributed by atoms with Crippen molar-refractivity contribution >= 4 is 16.6 Å². The molecule has 0 radical (unpaired) electrons. The molecule has 0 heterocycles. The van der Waals surface area contributed by atoms with Crippen LogP contribution in [0.2, 0.25) is 32.2 Å². The van der Waals surface area contributed by atoms with Gasteiger partial charge in [0.15, 0.2) is 16.6 Å². The molecule has 2 N–H and O–H groups in total. The predicted molar refractivity (Wildman–Crippen MR) is 69.3 cm³/mol. The van der Waals surface area contributed by atoms with E-state index < -0.39 is 16.6 Å². The summed E-state index contributed by atoms with van der Waals surface area (Å²) < 4.78 is 6.24. The average Bonchev–Trinajstić information content (AvgIpc) is 2.03. The van der Waals surface area contributed by atoms with Crippen molar-refractivity contribution in [1.82, 2.24) is 0 Å². The van der Waals surface area contributed by atoms with Gasteiger partial charge in [-0.2, -0.15) is 0 Å². The van der Waals surface area contributed by atoms with Crippen LogP contribution in [0.25, 0.3) is 0 Å². The van der Waals surface area contributed by atoms with E-state index in [-0.39, 0.29) is 0 Å². The van der Waals surface area contributed by atoms with Gasteiger partial charge in [-0.1, -0.05) is 12.1 Å². The van der Waals surface area contributed by atoms with Crippen LogP contribution in [0.15, 0.2) is 12.3 Å². The van der Waals surface area contributed by atoms with E-state index in [1.165, 1.54) is 12.5 Å². The van der Waals surface area contributed by atoms with Gasteiger partial charge in [0, 0.05) is 0 Å². The maximum absolute atomic E-state index is 6.24. The lowest BCUT2D eigenvalue weighted by Gasteiger charge is -2.31. The van der Waals surface area contributed by atoms with Gasteiger partial charge in [0.25, 0.3) is 0 Å². The summed E-state index contributed by atoms with van der Waals surface area (Å²) in [6.45, 7) is 13.6. The van der Waals surface area contributed by atoms with Gasteiger partial charge >= 0.3 is 0 Å². The minimum Gasteiger partial charge on any atom is -0.453 e. The Bertz CT molecular complexity index is 181. The molecule has 0 spiro atoms. The van der Waals surface area contributed by atoms with Crippen LogP contribution in [0.5, 0.6) is 0 Å². The summed E-state index contributed by atoms with van der Waals surface area (Å²) in [5, 5.41) is 0. The van der Waals surface area contributed by atoms with E-state index >= 15 is 0 Å². The second-order valence-corrected chi connectivity index (χ2v) is 13.4. The zero-order valence-corrected chi connectivity index (χ0v) is 12.1. The summed E-state index contributed by atoms with van der Waals surface area (Å²) in [6.07, 6.45) is 2.33. The van der Waals surface area contributed by atoms with Crippen molar-refractivity contribution in [2.75, 3.05) is 6.54 Å². The average molecular weight is 231 g/mol. The molecule has 0 aromatic carbocycles. The standard InChI is InChI=1S/C10H25NOSi2/c1-6-13(2,3)12-14(4,5)10-8-7-9-11/h6H,1,7-11H2,2-5H3. The highest BCUT2D eigenvalue weighted by molar-refractivity contribution is 6.87. The fourth-order valence-electron chi connectivity index (χ4n) is 1.50. The van der Waals surface area contributed by atoms with Crippen molar-refractivity contribution in [3.63, 3.8) is 0 Å². The summed E-state index contributed by atoms with van der Waals surface area (Å²) in [7, 11) is -3.04. The molecule has 0 rings (SSSR count). The molecule has 0 aromatic rings. The highest BCUT2D eigenvalue weighted by Gasteiger charge is 2.30. The van der Waals surface area contributed by atoms with Crippen LogP contribution < -0.4 is 5.73 Å². The lowest BCUT2D eigenvalue weighted by Crippen LogP contribution is -2.43. The molecule has 4 heteroatoms. The first kappa shape index (κ1) is 14.1. The minimum absolute atomic E-state index is 0.798. The van der Waals surface area contributed by atoms with E-state index in [4.69, 9.17) is 9.85 Å². The van der Waals surface area contributed by atoms with Crippen molar-refractivity contribution in [1.29, 1.82) is 0 Å². The highest BCUT2D eigenvalue weighted by Crippen LogP contribution is 2.20. The van der Waals surface area contributed by atoms with Crippen molar-refractivity contribution < 1.29 is 4.12 Å². The van der Waals surface area contributed by atoms with Crippen LogP contribution >= 0.6 is 0 Å². The Labute approximate surface area is 90.8 Å². The lowest BCUT2D eigenvalue weighted by molar-refractivity contribution is 0.547. The SMILES string of the molecule is C=C[Si](C)(C)O[Si](C)(C)CCCCN. The first-order chi connectivity index (χ1) is 6.33. The summed E-state index contributed by atoms with van der Waals surface area (Å²) >= 11 is 0. The van der Waals surface area contributed by atoms with Crippen molar-refractivity contribution in [3.05, 3.63) is 12.3 Å². The fraction of sp³-hybridized carbons (Fsp3) is 0.800. The summed E-state index contributed by atoms with van der Waals surface area (Å²) in [4.78, 5) is 0. The van der Waals surface area contributed by atoms with Gasteiger partial charge in [-0.15, -0.1) is 6.58 Å².